The molecule has 0 aliphatic carbocycles. The number of ether oxygens (including phenoxy) is 1. The van der Waals surface area contributed by atoms with E-state index in [0.717, 1.165) is 19.7 Å². The number of nitrogens with zero attached hydrogens (tertiary/aromatic N) is 1. The van der Waals surface area contributed by atoms with Crippen molar-refractivity contribution < 1.29 is 4.74 Å². The molecule has 3 heteroatoms. The maximum Gasteiger partial charge on any atom is 0.0593 e. The number of likely N-dealkylation sites (N-methyl/N-ethyl adjacent to an activating group) is 1. The van der Waals surface area contributed by atoms with Crippen molar-refractivity contribution in [3.63, 3.8) is 0 Å². The third-order valence-corrected chi connectivity index (χ3v) is 1.42. The Kier molecular flexibility index (Phi) is 6.91. The van der Waals surface area contributed by atoms with E-state index in [2.05, 4.69) is 18.9 Å². The molecule has 0 saturated heterocycles. The Morgan fingerprint density at radius 3 is 2.60 bits per heavy atom. The molecule has 0 saturated carbocycles. The van der Waals surface area contributed by atoms with E-state index in [1.165, 1.54) is 0 Å². The summed E-state index contributed by atoms with van der Waals surface area (Å²) >= 11 is 0. The molecule has 0 fully saturated rings. The Bertz CT molecular complexity index is 68.6. The molecule has 0 radical (unpaired) electrons. The Morgan fingerprint density at radius 1 is 1.40 bits per heavy atom. The maximum atomic E-state index is 5.24. The molecule has 0 bridgehead atoms. The zero-order valence-corrected chi connectivity index (χ0v) is 6.97. The molecule has 0 aliphatic heterocycles. The fourth-order valence-corrected chi connectivity index (χ4v) is 0.564. The van der Waals surface area contributed by atoms with Gasteiger partial charge in [-0.1, -0.05) is 6.92 Å². The average molecular weight is 146 g/mol. The molecule has 0 atom stereocenters. The Labute approximate surface area is 63.1 Å². The molecular weight excluding hydrogens is 128 g/mol. The van der Waals surface area contributed by atoms with E-state index in [9.17, 15) is 0 Å². The number of nitrogens with two attached hydrogens (primary N) is 1. The van der Waals surface area contributed by atoms with Crippen LogP contribution in [0.4, 0.5) is 0 Å². The zero-order chi connectivity index (χ0) is 7.82. The molecule has 0 amide bonds. The van der Waals surface area contributed by atoms with Crippen molar-refractivity contribution in [2.24, 2.45) is 5.73 Å². The van der Waals surface area contributed by atoms with Crippen LogP contribution >= 0.6 is 0 Å². The van der Waals surface area contributed by atoms with Crippen molar-refractivity contribution in [3.05, 3.63) is 0 Å². The van der Waals surface area contributed by atoms with E-state index < -0.39 is 0 Å². The van der Waals surface area contributed by atoms with Gasteiger partial charge in [0.25, 0.3) is 0 Å². The molecular formula is C7H18N2O. The smallest absolute Gasteiger partial charge is 0.0593 e. The molecule has 0 spiro atoms. The highest BCUT2D eigenvalue weighted by atomic mass is 16.5. The predicted octanol–water partition coefficient (Wildman–Crippen LogP) is -0.0866. The van der Waals surface area contributed by atoms with Crippen molar-refractivity contribution in [1.29, 1.82) is 0 Å². The van der Waals surface area contributed by atoms with Crippen molar-refractivity contribution in [2.75, 3.05) is 39.9 Å². The number of hydrogen-bond donors (Lipinski definition) is 1. The maximum absolute atomic E-state index is 5.24. The van der Waals surface area contributed by atoms with Crippen molar-refractivity contribution in [3.8, 4) is 0 Å². The highest BCUT2D eigenvalue weighted by molar-refractivity contribution is 4.44. The Balaban J connectivity index is 2.89. The zero-order valence-electron chi connectivity index (χ0n) is 6.97. The standard InChI is InChI=1S/C7H18N2O/c1-3-9(2)5-7-10-6-4-8/h3-8H2,1-2H3. The highest BCUT2D eigenvalue weighted by Crippen LogP contribution is 1.80. The van der Waals surface area contributed by atoms with Crippen LogP contribution in [-0.4, -0.2) is 44.8 Å². The lowest BCUT2D eigenvalue weighted by atomic mass is 10.5. The summed E-state index contributed by atoms with van der Waals surface area (Å²) in [4.78, 5) is 2.20. The van der Waals surface area contributed by atoms with Gasteiger partial charge < -0.3 is 15.4 Å². The molecule has 0 heterocycles. The first kappa shape index (κ1) is 9.88. The monoisotopic (exact) mass is 146 g/mol. The second kappa shape index (κ2) is 6.99. The van der Waals surface area contributed by atoms with Crippen LogP contribution in [0.1, 0.15) is 6.92 Å². The third kappa shape index (κ3) is 6.01. The van der Waals surface area contributed by atoms with Crippen LogP contribution in [-0.2, 0) is 4.74 Å². The van der Waals surface area contributed by atoms with E-state index in [-0.39, 0.29) is 0 Å². The number of hydrogen-bond acceptors (Lipinski definition) is 3. The summed E-state index contributed by atoms with van der Waals surface area (Å²) in [5, 5.41) is 0. The Morgan fingerprint density at radius 2 is 2.10 bits per heavy atom. The van der Waals surface area contributed by atoms with Crippen LogP contribution in [0.15, 0.2) is 0 Å². The predicted molar refractivity (Wildman–Crippen MR) is 43.0 cm³/mol. The van der Waals surface area contributed by atoms with E-state index in [1.54, 1.807) is 0 Å². The van der Waals surface area contributed by atoms with E-state index >= 15 is 0 Å². The minimum Gasteiger partial charge on any atom is -0.379 e. The van der Waals surface area contributed by atoms with Crippen molar-refractivity contribution in [2.45, 2.75) is 6.92 Å². The quantitative estimate of drug-likeness (QED) is 0.532. The van der Waals surface area contributed by atoms with Gasteiger partial charge in [-0.2, -0.15) is 0 Å². The summed E-state index contributed by atoms with van der Waals surface area (Å²) < 4.78 is 5.19. The van der Waals surface area contributed by atoms with Gasteiger partial charge in [0.15, 0.2) is 0 Å². The highest BCUT2D eigenvalue weighted by Gasteiger charge is 1.92. The minimum absolute atomic E-state index is 0.621. The number of rotatable bonds is 6. The lowest BCUT2D eigenvalue weighted by molar-refractivity contribution is 0.119. The molecule has 0 unspecified atom stereocenters. The SMILES string of the molecule is CCN(C)CCOCCN. The van der Waals surface area contributed by atoms with Crippen molar-refractivity contribution in [1.82, 2.24) is 4.90 Å². The fraction of sp³-hybridized carbons (Fsp3) is 1.00. The first-order chi connectivity index (χ1) is 4.81. The van der Waals surface area contributed by atoms with Crippen LogP contribution < -0.4 is 5.73 Å². The average Bonchev–Trinajstić information content (AvgIpc) is 1.98. The molecule has 10 heavy (non-hydrogen) atoms. The largest absolute Gasteiger partial charge is 0.379 e. The van der Waals surface area contributed by atoms with Crippen LogP contribution in [0, 0.1) is 0 Å². The summed E-state index contributed by atoms with van der Waals surface area (Å²) in [5.74, 6) is 0. The van der Waals surface area contributed by atoms with Crippen LogP contribution in [0.3, 0.4) is 0 Å². The normalized spacial score (nSPS) is 10.8. The molecule has 0 aromatic heterocycles. The van der Waals surface area contributed by atoms with E-state index in [0.29, 0.717) is 13.2 Å². The molecule has 3 nitrogen and oxygen atoms in total. The summed E-state index contributed by atoms with van der Waals surface area (Å²) in [5.41, 5.74) is 5.24. The molecule has 0 aromatic rings. The van der Waals surface area contributed by atoms with Gasteiger partial charge in [0.05, 0.1) is 13.2 Å². The van der Waals surface area contributed by atoms with Crippen LogP contribution in [0.2, 0.25) is 0 Å². The summed E-state index contributed by atoms with van der Waals surface area (Å²) in [7, 11) is 2.08. The molecule has 2 N–H and O–H groups in total. The van der Waals surface area contributed by atoms with E-state index in [4.69, 9.17) is 10.5 Å². The molecule has 62 valence electrons. The Hall–Kier alpha value is -0.120. The lowest BCUT2D eigenvalue weighted by Gasteiger charge is -2.12. The molecule has 0 aromatic carbocycles. The van der Waals surface area contributed by atoms with Gasteiger partial charge in [0, 0.05) is 13.1 Å². The lowest BCUT2D eigenvalue weighted by Crippen LogP contribution is -2.23. The minimum atomic E-state index is 0.621. The van der Waals surface area contributed by atoms with Gasteiger partial charge in [0.1, 0.15) is 0 Å². The third-order valence-electron chi connectivity index (χ3n) is 1.42. The topological polar surface area (TPSA) is 38.5 Å². The second-order valence-corrected chi connectivity index (χ2v) is 2.30. The van der Waals surface area contributed by atoms with E-state index in [1.807, 2.05) is 0 Å². The second-order valence-electron chi connectivity index (χ2n) is 2.30. The van der Waals surface area contributed by atoms with Gasteiger partial charge in [0.2, 0.25) is 0 Å². The van der Waals surface area contributed by atoms with Crippen LogP contribution in [0.25, 0.3) is 0 Å². The van der Waals surface area contributed by atoms with Gasteiger partial charge >= 0.3 is 0 Å². The van der Waals surface area contributed by atoms with Gasteiger partial charge in [-0.25, -0.2) is 0 Å². The summed E-state index contributed by atoms with van der Waals surface area (Å²) in [6, 6.07) is 0. The van der Waals surface area contributed by atoms with Gasteiger partial charge in [-0.05, 0) is 13.6 Å². The summed E-state index contributed by atoms with van der Waals surface area (Å²) in [6.45, 7) is 6.29. The molecule has 0 rings (SSSR count). The fourth-order valence-electron chi connectivity index (χ4n) is 0.564. The van der Waals surface area contributed by atoms with Gasteiger partial charge in [-0.15, -0.1) is 0 Å². The van der Waals surface area contributed by atoms with Crippen LogP contribution in [0.5, 0.6) is 0 Å². The first-order valence-corrected chi connectivity index (χ1v) is 3.77. The summed E-state index contributed by atoms with van der Waals surface area (Å²) in [6.07, 6.45) is 0. The van der Waals surface area contributed by atoms with Crippen molar-refractivity contribution >= 4 is 0 Å². The molecule has 0 aliphatic rings. The van der Waals surface area contributed by atoms with Gasteiger partial charge in [-0.3, -0.25) is 0 Å². The first-order valence-electron chi connectivity index (χ1n) is 3.77.